The molecular weight excluding hydrogens is 534 g/mol. The molecular formula is C24H18BrN5O4S. The van der Waals surface area contributed by atoms with E-state index < -0.39 is 22.8 Å². The standard InChI is InChI=1S/C24H18BrN5O4S/c25-18-10-4-9-17(13-18)23-28-29-24(35-23)27-22(32)20(12-15-6-2-1-3-7-15)26-21(31)16-8-5-11-19(14-16)30(33)34/h1-11,13-14,20H,12H2,(H,26,31)(H,27,29,32)/t20-/m0/s1. The van der Waals surface area contributed by atoms with Crippen LogP contribution < -0.4 is 10.6 Å². The van der Waals surface area contributed by atoms with Crippen molar-refractivity contribution >= 4 is 49.9 Å². The number of nitrogens with one attached hydrogen (secondary N) is 2. The number of nitrogens with zero attached hydrogens (tertiary/aromatic N) is 3. The van der Waals surface area contributed by atoms with E-state index in [2.05, 4.69) is 36.8 Å². The number of carbonyl (C=O) groups excluding carboxylic acids is 2. The molecule has 35 heavy (non-hydrogen) atoms. The van der Waals surface area contributed by atoms with Gasteiger partial charge < -0.3 is 5.32 Å². The van der Waals surface area contributed by atoms with E-state index in [1.165, 1.54) is 35.6 Å². The van der Waals surface area contributed by atoms with Gasteiger partial charge in [-0.1, -0.05) is 75.8 Å². The number of carbonyl (C=O) groups is 2. The highest BCUT2D eigenvalue weighted by molar-refractivity contribution is 9.10. The lowest BCUT2D eigenvalue weighted by atomic mass is 10.0. The van der Waals surface area contributed by atoms with Gasteiger partial charge in [-0.05, 0) is 23.8 Å². The van der Waals surface area contributed by atoms with Crippen LogP contribution in [0.4, 0.5) is 10.8 Å². The lowest BCUT2D eigenvalue weighted by molar-refractivity contribution is -0.384. The van der Waals surface area contributed by atoms with Gasteiger partial charge in [-0.25, -0.2) is 0 Å². The highest BCUT2D eigenvalue weighted by Gasteiger charge is 2.24. The summed E-state index contributed by atoms with van der Waals surface area (Å²) in [7, 11) is 0. The normalized spacial score (nSPS) is 11.5. The van der Waals surface area contributed by atoms with Gasteiger partial charge in [-0.15, -0.1) is 10.2 Å². The summed E-state index contributed by atoms with van der Waals surface area (Å²) in [5.41, 5.74) is 1.55. The lowest BCUT2D eigenvalue weighted by Crippen LogP contribution is -2.45. The number of benzene rings is 3. The predicted octanol–water partition coefficient (Wildman–Crippen LogP) is 4.86. The second-order valence-corrected chi connectivity index (χ2v) is 9.33. The van der Waals surface area contributed by atoms with E-state index in [1.54, 1.807) is 0 Å². The van der Waals surface area contributed by atoms with Gasteiger partial charge in [0.15, 0.2) is 0 Å². The van der Waals surface area contributed by atoms with Gasteiger partial charge in [-0.3, -0.25) is 25.0 Å². The summed E-state index contributed by atoms with van der Waals surface area (Å²) in [6.45, 7) is 0. The molecule has 9 nitrogen and oxygen atoms in total. The van der Waals surface area contributed by atoms with Crippen LogP contribution in [0.1, 0.15) is 15.9 Å². The Morgan fingerprint density at radius 1 is 1.00 bits per heavy atom. The first kappa shape index (κ1) is 24.2. The fourth-order valence-electron chi connectivity index (χ4n) is 3.27. The zero-order chi connectivity index (χ0) is 24.8. The van der Waals surface area contributed by atoms with Crippen molar-refractivity contribution in [3.63, 3.8) is 0 Å². The molecule has 0 aliphatic rings. The monoisotopic (exact) mass is 551 g/mol. The summed E-state index contributed by atoms with van der Waals surface area (Å²) < 4.78 is 0.891. The number of halogens is 1. The Labute approximate surface area is 212 Å². The SMILES string of the molecule is O=C(N[C@@H](Cc1ccccc1)C(=O)Nc1nnc(-c2cccc(Br)c2)s1)c1cccc([N+](=O)[O-])c1. The molecule has 4 aromatic rings. The maximum atomic E-state index is 13.2. The second kappa shape index (κ2) is 11.0. The molecule has 3 aromatic carbocycles. The minimum Gasteiger partial charge on any atom is -0.340 e. The number of hydrogen-bond donors (Lipinski definition) is 2. The molecule has 2 N–H and O–H groups in total. The summed E-state index contributed by atoms with van der Waals surface area (Å²) >= 11 is 4.63. The van der Waals surface area contributed by atoms with Crippen LogP contribution in [0.25, 0.3) is 10.6 Å². The second-order valence-electron chi connectivity index (χ2n) is 7.44. The number of rotatable bonds is 8. The first-order valence-electron chi connectivity index (χ1n) is 10.4. The summed E-state index contributed by atoms with van der Waals surface area (Å²) in [4.78, 5) is 36.5. The molecule has 0 saturated heterocycles. The Hall–Kier alpha value is -3.96. The molecule has 0 radical (unpaired) electrons. The minimum absolute atomic E-state index is 0.0814. The molecule has 2 amide bonds. The fraction of sp³-hybridized carbons (Fsp3) is 0.0833. The predicted molar refractivity (Wildman–Crippen MR) is 136 cm³/mol. The van der Waals surface area contributed by atoms with Crippen LogP contribution >= 0.6 is 27.3 Å². The third-order valence-electron chi connectivity index (χ3n) is 4.95. The van der Waals surface area contributed by atoms with E-state index in [4.69, 9.17) is 0 Å². The molecule has 176 valence electrons. The smallest absolute Gasteiger partial charge is 0.270 e. The van der Waals surface area contributed by atoms with Gasteiger partial charge >= 0.3 is 0 Å². The molecule has 4 rings (SSSR count). The number of hydrogen-bond acceptors (Lipinski definition) is 7. The van der Waals surface area contributed by atoms with E-state index in [-0.39, 0.29) is 22.8 Å². The highest BCUT2D eigenvalue weighted by atomic mass is 79.9. The van der Waals surface area contributed by atoms with Gasteiger partial charge in [-0.2, -0.15) is 0 Å². The third kappa shape index (κ3) is 6.34. The van der Waals surface area contributed by atoms with Gasteiger partial charge in [0.1, 0.15) is 11.0 Å². The Kier molecular flexibility index (Phi) is 7.58. The molecule has 0 saturated carbocycles. The Balaban J connectivity index is 1.53. The number of anilines is 1. The van der Waals surface area contributed by atoms with Crippen molar-refractivity contribution < 1.29 is 14.5 Å². The van der Waals surface area contributed by atoms with E-state index in [0.717, 1.165) is 15.6 Å². The summed E-state index contributed by atoms with van der Waals surface area (Å²) in [5, 5.41) is 25.6. The first-order chi connectivity index (χ1) is 16.9. The van der Waals surface area contributed by atoms with E-state index in [1.807, 2.05) is 54.6 Å². The molecule has 0 aliphatic carbocycles. The summed E-state index contributed by atoms with van der Waals surface area (Å²) in [6, 6.07) is 21.1. The number of nitro benzene ring substituents is 1. The molecule has 0 aliphatic heterocycles. The van der Waals surface area contributed by atoms with Crippen molar-refractivity contribution in [2.45, 2.75) is 12.5 Å². The Morgan fingerprint density at radius 2 is 1.77 bits per heavy atom. The maximum Gasteiger partial charge on any atom is 0.270 e. The molecule has 1 aromatic heterocycles. The lowest BCUT2D eigenvalue weighted by Gasteiger charge is -2.18. The molecule has 1 heterocycles. The topological polar surface area (TPSA) is 127 Å². The van der Waals surface area contributed by atoms with E-state index in [9.17, 15) is 19.7 Å². The number of non-ortho nitro benzene ring substituents is 1. The van der Waals surface area contributed by atoms with Crippen LogP contribution in [0.15, 0.2) is 83.3 Å². The van der Waals surface area contributed by atoms with Gasteiger partial charge in [0.05, 0.1) is 4.92 Å². The zero-order valence-corrected chi connectivity index (χ0v) is 20.5. The Bertz CT molecular complexity index is 1380. The minimum atomic E-state index is -0.956. The van der Waals surface area contributed by atoms with Crippen molar-refractivity contribution in [2.75, 3.05) is 5.32 Å². The van der Waals surface area contributed by atoms with Crippen LogP contribution in [0, 0.1) is 10.1 Å². The van der Waals surface area contributed by atoms with Crippen molar-refractivity contribution in [1.29, 1.82) is 0 Å². The number of nitro groups is 1. The molecule has 0 unspecified atom stereocenters. The van der Waals surface area contributed by atoms with E-state index in [0.29, 0.717) is 5.01 Å². The molecule has 1 atom stereocenters. The largest absolute Gasteiger partial charge is 0.340 e. The Morgan fingerprint density at radius 3 is 2.51 bits per heavy atom. The summed E-state index contributed by atoms with van der Waals surface area (Å²) in [6.07, 6.45) is 0.213. The van der Waals surface area contributed by atoms with Crippen molar-refractivity contribution in [3.05, 3.63) is 105 Å². The molecule has 0 bridgehead atoms. The van der Waals surface area contributed by atoms with Crippen LogP contribution in [0.5, 0.6) is 0 Å². The average Bonchev–Trinajstić information content (AvgIpc) is 3.33. The quantitative estimate of drug-likeness (QED) is 0.238. The summed E-state index contributed by atoms with van der Waals surface area (Å²) in [5.74, 6) is -1.08. The first-order valence-corrected chi connectivity index (χ1v) is 12.0. The highest BCUT2D eigenvalue weighted by Crippen LogP contribution is 2.28. The molecule has 0 spiro atoms. The number of amides is 2. The van der Waals surface area contributed by atoms with Crippen LogP contribution in [0.3, 0.4) is 0 Å². The molecule has 0 fully saturated rings. The van der Waals surface area contributed by atoms with Gasteiger partial charge in [0.2, 0.25) is 11.0 Å². The van der Waals surface area contributed by atoms with Crippen molar-refractivity contribution in [1.82, 2.24) is 15.5 Å². The molecule has 11 heteroatoms. The van der Waals surface area contributed by atoms with E-state index >= 15 is 0 Å². The van der Waals surface area contributed by atoms with Crippen LogP contribution in [-0.4, -0.2) is 33.0 Å². The average molecular weight is 552 g/mol. The van der Waals surface area contributed by atoms with Crippen LogP contribution in [-0.2, 0) is 11.2 Å². The van der Waals surface area contributed by atoms with Crippen molar-refractivity contribution in [2.24, 2.45) is 0 Å². The van der Waals surface area contributed by atoms with Gasteiger partial charge in [0, 0.05) is 34.2 Å². The zero-order valence-electron chi connectivity index (χ0n) is 18.1. The van der Waals surface area contributed by atoms with Crippen LogP contribution in [0.2, 0.25) is 0 Å². The maximum absolute atomic E-state index is 13.2. The van der Waals surface area contributed by atoms with Gasteiger partial charge in [0.25, 0.3) is 11.6 Å². The van der Waals surface area contributed by atoms with Crippen molar-refractivity contribution in [3.8, 4) is 10.6 Å². The third-order valence-corrected chi connectivity index (χ3v) is 6.33. The fourth-order valence-corrected chi connectivity index (χ4v) is 4.41. The number of aromatic nitrogens is 2.